The number of rotatable bonds is 5. The molecule has 2 unspecified atom stereocenters. The van der Waals surface area contributed by atoms with Crippen LogP contribution in [0.2, 0.25) is 0 Å². The van der Waals surface area contributed by atoms with Gasteiger partial charge in [-0.2, -0.15) is 0 Å². The van der Waals surface area contributed by atoms with Crippen LogP contribution in [0.1, 0.15) is 31.1 Å². The minimum absolute atomic E-state index is 0.240. The average Bonchev–Trinajstić information content (AvgIpc) is 2.79. The van der Waals surface area contributed by atoms with E-state index in [1.165, 1.54) is 0 Å². The first kappa shape index (κ1) is 16.2. The Balaban J connectivity index is 2.03. The minimum atomic E-state index is -0.345. The number of nitrogens with zero attached hydrogens (tertiary/aromatic N) is 2. The Bertz CT molecular complexity index is 481. The largest absolute Gasteiger partial charge is 0.305 e. The molecule has 21 heavy (non-hydrogen) atoms. The van der Waals surface area contributed by atoms with E-state index in [4.69, 9.17) is 0 Å². The van der Waals surface area contributed by atoms with Gasteiger partial charge in [-0.3, -0.25) is 4.79 Å². The molecule has 0 saturated carbocycles. The van der Waals surface area contributed by atoms with Crippen LogP contribution in [0, 0.1) is 11.3 Å². The topological polar surface area (TPSA) is 23.6 Å². The van der Waals surface area contributed by atoms with Crippen molar-refractivity contribution in [2.45, 2.75) is 26.8 Å². The predicted molar refractivity (Wildman–Crippen MR) is 87.6 cm³/mol. The Labute approximate surface area is 128 Å². The van der Waals surface area contributed by atoms with Crippen molar-refractivity contribution in [3.63, 3.8) is 0 Å². The molecule has 1 aromatic rings. The van der Waals surface area contributed by atoms with Gasteiger partial charge in [0, 0.05) is 36.7 Å². The van der Waals surface area contributed by atoms with Crippen LogP contribution >= 0.6 is 0 Å². The third kappa shape index (κ3) is 3.72. The molecule has 1 fully saturated rings. The van der Waals surface area contributed by atoms with Crippen molar-refractivity contribution < 1.29 is 4.79 Å². The zero-order chi connectivity index (χ0) is 15.6. The molecule has 0 bridgehead atoms. The van der Waals surface area contributed by atoms with Crippen molar-refractivity contribution in [1.82, 2.24) is 9.80 Å². The number of carbonyl (C=O) groups excluding carboxylic acids is 1. The number of hydrogen-bond acceptors (Lipinski definition) is 3. The predicted octanol–water partition coefficient (Wildman–Crippen LogP) is 2.78. The van der Waals surface area contributed by atoms with Crippen LogP contribution in [0.3, 0.4) is 0 Å². The van der Waals surface area contributed by atoms with Crippen LogP contribution < -0.4 is 0 Å². The molecule has 2 atom stereocenters. The molecule has 1 heterocycles. The summed E-state index contributed by atoms with van der Waals surface area (Å²) in [7, 11) is 4.29. The molecular formula is C18H28N2O. The molecule has 3 nitrogen and oxygen atoms in total. The second kappa shape index (κ2) is 6.29. The normalized spacial score (nSPS) is 23.7. The van der Waals surface area contributed by atoms with E-state index >= 15 is 0 Å². The van der Waals surface area contributed by atoms with Crippen molar-refractivity contribution >= 4 is 5.78 Å². The van der Waals surface area contributed by atoms with Crippen molar-refractivity contribution in [2.24, 2.45) is 11.3 Å². The summed E-state index contributed by atoms with van der Waals surface area (Å²) < 4.78 is 0. The van der Waals surface area contributed by atoms with Gasteiger partial charge in [0.1, 0.15) is 0 Å². The van der Waals surface area contributed by atoms with Crippen molar-refractivity contribution in [1.29, 1.82) is 0 Å². The summed E-state index contributed by atoms with van der Waals surface area (Å²) in [5.74, 6) is 0.895. The summed E-state index contributed by atoms with van der Waals surface area (Å²) in [6, 6.07) is 10.2. The molecule has 2 rings (SSSR count). The first-order valence-electron chi connectivity index (χ1n) is 7.80. The number of Topliss-reactive ketones (excluding diaryl/α,β-unsaturated/α-hetero) is 1. The van der Waals surface area contributed by atoms with Gasteiger partial charge in [-0.1, -0.05) is 51.1 Å². The van der Waals surface area contributed by atoms with Gasteiger partial charge in [-0.15, -0.1) is 0 Å². The van der Waals surface area contributed by atoms with Gasteiger partial charge >= 0.3 is 0 Å². The fourth-order valence-electron chi connectivity index (χ4n) is 3.46. The van der Waals surface area contributed by atoms with Crippen molar-refractivity contribution in [3.8, 4) is 0 Å². The molecule has 0 spiro atoms. The van der Waals surface area contributed by atoms with Crippen molar-refractivity contribution in [3.05, 3.63) is 35.9 Å². The van der Waals surface area contributed by atoms with Gasteiger partial charge in [0.25, 0.3) is 0 Å². The standard InChI is InChI=1S/C18H28N2O/c1-14-11-20(12-16(14)19(4)5)13-18(2,3)17(21)15-9-7-6-8-10-15/h6-10,14,16H,11-13H2,1-5H3. The highest BCUT2D eigenvalue weighted by atomic mass is 16.1. The molecule has 0 amide bonds. The zero-order valence-corrected chi connectivity index (χ0v) is 14.0. The highest BCUT2D eigenvalue weighted by molar-refractivity contribution is 6.00. The number of benzene rings is 1. The first-order chi connectivity index (χ1) is 9.81. The molecule has 0 aromatic heterocycles. The Morgan fingerprint density at radius 1 is 1.24 bits per heavy atom. The maximum Gasteiger partial charge on any atom is 0.169 e. The third-order valence-corrected chi connectivity index (χ3v) is 4.58. The van der Waals surface area contributed by atoms with Crippen LogP contribution in [-0.2, 0) is 0 Å². The summed E-state index contributed by atoms with van der Waals surface area (Å²) in [4.78, 5) is 17.5. The third-order valence-electron chi connectivity index (χ3n) is 4.58. The Kier molecular flexibility index (Phi) is 4.84. The average molecular weight is 288 g/mol. The number of ketones is 1. The Hall–Kier alpha value is -1.19. The molecule has 0 radical (unpaired) electrons. The smallest absolute Gasteiger partial charge is 0.169 e. The van der Waals surface area contributed by atoms with Crippen LogP contribution in [0.15, 0.2) is 30.3 Å². The van der Waals surface area contributed by atoms with Crippen LogP contribution in [0.5, 0.6) is 0 Å². The lowest BCUT2D eigenvalue weighted by Gasteiger charge is -2.29. The van der Waals surface area contributed by atoms with Gasteiger partial charge < -0.3 is 9.80 Å². The molecule has 3 heteroatoms. The molecule has 1 aliphatic rings. The fourth-order valence-corrected chi connectivity index (χ4v) is 3.46. The quantitative estimate of drug-likeness (QED) is 0.778. The number of likely N-dealkylation sites (N-methyl/N-ethyl adjacent to an activating group) is 1. The number of likely N-dealkylation sites (tertiary alicyclic amines) is 1. The molecular weight excluding hydrogens is 260 g/mol. The summed E-state index contributed by atoms with van der Waals surface area (Å²) in [5.41, 5.74) is 0.473. The maximum atomic E-state index is 12.7. The maximum absolute atomic E-state index is 12.7. The monoisotopic (exact) mass is 288 g/mol. The second-order valence-electron chi connectivity index (χ2n) is 7.28. The molecule has 0 N–H and O–H groups in total. The SMILES string of the molecule is CC1CN(CC(C)(C)C(=O)c2ccccc2)CC1N(C)C. The Morgan fingerprint density at radius 2 is 1.86 bits per heavy atom. The molecule has 1 saturated heterocycles. The molecule has 116 valence electrons. The van der Waals surface area contributed by atoms with Gasteiger partial charge in [0.05, 0.1) is 0 Å². The summed E-state index contributed by atoms with van der Waals surface area (Å²) in [5, 5.41) is 0. The molecule has 1 aromatic carbocycles. The van der Waals surface area contributed by atoms with Crippen LogP contribution in [-0.4, -0.2) is 55.4 Å². The zero-order valence-electron chi connectivity index (χ0n) is 14.0. The molecule has 1 aliphatic heterocycles. The summed E-state index contributed by atoms with van der Waals surface area (Å²) in [6.45, 7) is 9.39. The number of carbonyl (C=O) groups is 1. The lowest BCUT2D eigenvalue weighted by molar-refractivity contribution is 0.0777. The van der Waals surface area contributed by atoms with E-state index in [-0.39, 0.29) is 11.2 Å². The van der Waals surface area contributed by atoms with Gasteiger partial charge in [-0.25, -0.2) is 0 Å². The Morgan fingerprint density at radius 3 is 2.38 bits per heavy atom. The van der Waals surface area contributed by atoms with E-state index < -0.39 is 0 Å². The summed E-state index contributed by atoms with van der Waals surface area (Å²) in [6.07, 6.45) is 0. The van der Waals surface area contributed by atoms with E-state index in [1.54, 1.807) is 0 Å². The van der Waals surface area contributed by atoms with E-state index in [0.717, 1.165) is 25.2 Å². The van der Waals surface area contributed by atoms with E-state index in [9.17, 15) is 4.79 Å². The minimum Gasteiger partial charge on any atom is -0.305 e. The second-order valence-corrected chi connectivity index (χ2v) is 7.28. The van der Waals surface area contributed by atoms with Crippen LogP contribution in [0.4, 0.5) is 0 Å². The van der Waals surface area contributed by atoms with Gasteiger partial charge in [0.15, 0.2) is 5.78 Å². The van der Waals surface area contributed by atoms with Gasteiger partial charge in [-0.05, 0) is 20.0 Å². The highest BCUT2D eigenvalue weighted by Gasteiger charge is 2.36. The van der Waals surface area contributed by atoms with Gasteiger partial charge in [0.2, 0.25) is 0 Å². The summed E-state index contributed by atoms with van der Waals surface area (Å²) >= 11 is 0. The molecule has 0 aliphatic carbocycles. The van der Waals surface area contributed by atoms with Crippen molar-refractivity contribution in [2.75, 3.05) is 33.7 Å². The first-order valence-corrected chi connectivity index (χ1v) is 7.80. The van der Waals surface area contributed by atoms with E-state index in [0.29, 0.717) is 12.0 Å². The lowest BCUT2D eigenvalue weighted by atomic mass is 9.83. The van der Waals surface area contributed by atoms with E-state index in [2.05, 4.69) is 44.7 Å². The fraction of sp³-hybridized carbons (Fsp3) is 0.611. The highest BCUT2D eigenvalue weighted by Crippen LogP contribution is 2.27. The number of hydrogen-bond donors (Lipinski definition) is 0. The van der Waals surface area contributed by atoms with Crippen LogP contribution in [0.25, 0.3) is 0 Å². The lowest BCUT2D eigenvalue weighted by Crippen LogP contribution is -2.40. The van der Waals surface area contributed by atoms with E-state index in [1.807, 2.05) is 30.3 Å².